The van der Waals surface area contributed by atoms with Crippen LogP contribution in [0.25, 0.3) is 0 Å². The molecule has 90 valence electrons. The average molecular weight is 237 g/mol. The molecule has 0 saturated carbocycles. The second kappa shape index (κ2) is 4.94. The van der Waals surface area contributed by atoms with E-state index in [9.17, 15) is 13.2 Å². The van der Waals surface area contributed by atoms with E-state index in [-0.39, 0.29) is 6.42 Å². The van der Waals surface area contributed by atoms with Gasteiger partial charge in [-0.05, 0) is 27.2 Å². The Morgan fingerprint density at radius 1 is 1.40 bits per heavy atom. The summed E-state index contributed by atoms with van der Waals surface area (Å²) in [6, 6.07) is -0.535. The van der Waals surface area contributed by atoms with Crippen LogP contribution in [0.2, 0.25) is 0 Å². The van der Waals surface area contributed by atoms with Gasteiger partial charge in [0.05, 0.1) is 11.2 Å². The maximum Gasteiger partial charge on any atom is 0.304 e. The van der Waals surface area contributed by atoms with E-state index in [1.54, 1.807) is 27.7 Å². The Balaban J connectivity index is 4.63. The van der Waals surface area contributed by atoms with E-state index in [0.29, 0.717) is 6.42 Å². The van der Waals surface area contributed by atoms with Crippen LogP contribution < -0.4 is 4.72 Å². The lowest BCUT2D eigenvalue weighted by Crippen LogP contribution is -2.45. The Labute approximate surface area is 90.9 Å². The minimum absolute atomic E-state index is 0.189. The van der Waals surface area contributed by atoms with Gasteiger partial charge in [-0.25, -0.2) is 13.1 Å². The van der Waals surface area contributed by atoms with Crippen molar-refractivity contribution in [3.8, 4) is 0 Å². The van der Waals surface area contributed by atoms with E-state index in [0.717, 1.165) is 0 Å². The van der Waals surface area contributed by atoms with Gasteiger partial charge < -0.3 is 5.11 Å². The van der Waals surface area contributed by atoms with Crippen LogP contribution in [0, 0.1) is 0 Å². The third kappa shape index (κ3) is 4.61. The topological polar surface area (TPSA) is 83.5 Å². The zero-order valence-corrected chi connectivity index (χ0v) is 10.4. The van der Waals surface area contributed by atoms with E-state index in [2.05, 4.69) is 4.72 Å². The number of carboxylic acid groups (broad SMARTS) is 1. The molecule has 0 fully saturated rings. The van der Waals surface area contributed by atoms with Gasteiger partial charge >= 0.3 is 5.97 Å². The largest absolute Gasteiger partial charge is 0.481 e. The Morgan fingerprint density at radius 2 is 1.87 bits per heavy atom. The molecule has 0 bridgehead atoms. The van der Waals surface area contributed by atoms with Crippen LogP contribution in [0.1, 0.15) is 40.5 Å². The number of carbonyl (C=O) groups is 1. The highest BCUT2D eigenvalue weighted by atomic mass is 32.2. The Kier molecular flexibility index (Phi) is 4.73. The molecule has 1 atom stereocenters. The van der Waals surface area contributed by atoms with Gasteiger partial charge in [0.2, 0.25) is 10.0 Å². The summed E-state index contributed by atoms with van der Waals surface area (Å²) in [5, 5.41) is 8.58. The standard InChI is InChI=1S/C9H19NO4S/c1-5-7(6-8(11)12)10-15(13,14)9(2,3)4/h7,10H,5-6H2,1-4H3,(H,11,12). The van der Waals surface area contributed by atoms with E-state index in [1.807, 2.05) is 0 Å². The maximum absolute atomic E-state index is 11.7. The number of hydrogen-bond donors (Lipinski definition) is 2. The second-order valence-corrected chi connectivity index (χ2v) is 6.90. The summed E-state index contributed by atoms with van der Waals surface area (Å²) in [5.41, 5.74) is 0. The number of aliphatic carboxylic acids is 1. The molecular formula is C9H19NO4S. The lowest BCUT2D eigenvalue weighted by Gasteiger charge is -2.23. The van der Waals surface area contributed by atoms with Crippen molar-refractivity contribution < 1.29 is 18.3 Å². The van der Waals surface area contributed by atoms with Crippen LogP contribution in [-0.4, -0.2) is 30.3 Å². The fourth-order valence-electron chi connectivity index (χ4n) is 0.876. The van der Waals surface area contributed by atoms with Crippen LogP contribution in [-0.2, 0) is 14.8 Å². The minimum atomic E-state index is -3.47. The minimum Gasteiger partial charge on any atom is -0.481 e. The highest BCUT2D eigenvalue weighted by molar-refractivity contribution is 7.90. The summed E-state index contributed by atoms with van der Waals surface area (Å²) in [6.07, 6.45) is 0.271. The Hall–Kier alpha value is -0.620. The predicted octanol–water partition coefficient (Wildman–Crippen LogP) is 0.958. The van der Waals surface area contributed by atoms with E-state index in [1.165, 1.54) is 0 Å². The lowest BCUT2D eigenvalue weighted by atomic mass is 10.2. The summed E-state index contributed by atoms with van der Waals surface area (Å²) in [7, 11) is -3.47. The molecule has 15 heavy (non-hydrogen) atoms. The van der Waals surface area contributed by atoms with Gasteiger partial charge in [0.1, 0.15) is 0 Å². The monoisotopic (exact) mass is 237 g/mol. The van der Waals surface area contributed by atoms with Crippen molar-refractivity contribution in [1.29, 1.82) is 0 Å². The third-order valence-corrected chi connectivity index (χ3v) is 4.30. The van der Waals surface area contributed by atoms with Gasteiger partial charge in [0, 0.05) is 6.04 Å². The summed E-state index contributed by atoms with van der Waals surface area (Å²) in [4.78, 5) is 10.5. The molecule has 0 rings (SSSR count). The molecule has 0 spiro atoms. The van der Waals surface area contributed by atoms with E-state index in [4.69, 9.17) is 5.11 Å². The van der Waals surface area contributed by atoms with Crippen molar-refractivity contribution >= 4 is 16.0 Å². The van der Waals surface area contributed by atoms with Gasteiger partial charge in [0.25, 0.3) is 0 Å². The van der Waals surface area contributed by atoms with Crippen LogP contribution in [0.5, 0.6) is 0 Å². The first kappa shape index (κ1) is 14.4. The van der Waals surface area contributed by atoms with Gasteiger partial charge in [0.15, 0.2) is 0 Å². The fraction of sp³-hybridized carbons (Fsp3) is 0.889. The number of rotatable bonds is 5. The van der Waals surface area contributed by atoms with E-state index >= 15 is 0 Å². The zero-order valence-electron chi connectivity index (χ0n) is 9.57. The molecular weight excluding hydrogens is 218 g/mol. The molecule has 0 amide bonds. The van der Waals surface area contributed by atoms with Gasteiger partial charge in [-0.1, -0.05) is 6.92 Å². The van der Waals surface area contributed by atoms with Crippen molar-refractivity contribution in [3.63, 3.8) is 0 Å². The zero-order chi connectivity index (χ0) is 12.3. The molecule has 0 aliphatic heterocycles. The molecule has 0 saturated heterocycles. The van der Waals surface area contributed by atoms with Crippen LogP contribution >= 0.6 is 0 Å². The number of sulfonamides is 1. The molecule has 0 aromatic carbocycles. The SMILES string of the molecule is CCC(CC(=O)O)NS(=O)(=O)C(C)(C)C. The summed E-state index contributed by atoms with van der Waals surface area (Å²) in [5.74, 6) is -1.00. The molecule has 0 heterocycles. The maximum atomic E-state index is 11.7. The summed E-state index contributed by atoms with van der Waals surface area (Å²) >= 11 is 0. The summed E-state index contributed by atoms with van der Waals surface area (Å²) in [6.45, 7) is 6.47. The van der Waals surface area contributed by atoms with Crippen molar-refractivity contribution in [2.75, 3.05) is 0 Å². The van der Waals surface area contributed by atoms with Crippen LogP contribution in [0.15, 0.2) is 0 Å². The first-order valence-corrected chi connectivity index (χ1v) is 6.32. The molecule has 0 radical (unpaired) electrons. The molecule has 0 aliphatic rings. The Bertz CT molecular complexity index is 315. The Morgan fingerprint density at radius 3 is 2.13 bits per heavy atom. The third-order valence-electron chi connectivity index (χ3n) is 2.04. The summed E-state index contributed by atoms with van der Waals surface area (Å²) < 4.78 is 24.9. The van der Waals surface area contributed by atoms with Crippen LogP contribution in [0.3, 0.4) is 0 Å². The van der Waals surface area contributed by atoms with Gasteiger partial charge in [-0.15, -0.1) is 0 Å². The lowest BCUT2D eigenvalue weighted by molar-refractivity contribution is -0.137. The quantitative estimate of drug-likeness (QED) is 0.746. The number of hydrogen-bond acceptors (Lipinski definition) is 3. The molecule has 0 aliphatic carbocycles. The highest BCUT2D eigenvalue weighted by Gasteiger charge is 2.31. The molecule has 1 unspecified atom stereocenters. The average Bonchev–Trinajstić information content (AvgIpc) is 1.99. The van der Waals surface area contributed by atoms with Crippen molar-refractivity contribution in [2.45, 2.75) is 51.3 Å². The molecule has 6 heteroatoms. The fourth-order valence-corrected chi connectivity index (χ4v) is 1.92. The number of carboxylic acids is 1. The van der Waals surface area contributed by atoms with Crippen molar-refractivity contribution in [3.05, 3.63) is 0 Å². The smallest absolute Gasteiger partial charge is 0.304 e. The van der Waals surface area contributed by atoms with Crippen molar-refractivity contribution in [2.24, 2.45) is 0 Å². The highest BCUT2D eigenvalue weighted by Crippen LogP contribution is 2.15. The first-order valence-electron chi connectivity index (χ1n) is 4.84. The molecule has 2 N–H and O–H groups in total. The second-order valence-electron chi connectivity index (χ2n) is 4.44. The van der Waals surface area contributed by atoms with Gasteiger partial charge in [-0.2, -0.15) is 0 Å². The predicted molar refractivity (Wildman–Crippen MR) is 58.1 cm³/mol. The normalized spacial score (nSPS) is 14.9. The van der Waals surface area contributed by atoms with E-state index < -0.39 is 26.8 Å². The van der Waals surface area contributed by atoms with Gasteiger partial charge in [-0.3, -0.25) is 4.79 Å². The molecule has 0 aromatic rings. The molecule has 5 nitrogen and oxygen atoms in total. The van der Waals surface area contributed by atoms with Crippen LogP contribution in [0.4, 0.5) is 0 Å². The first-order chi connectivity index (χ1) is 6.60. The molecule has 0 aromatic heterocycles. The number of nitrogens with one attached hydrogen (secondary N) is 1. The van der Waals surface area contributed by atoms with Crippen molar-refractivity contribution in [1.82, 2.24) is 4.72 Å².